The quantitative estimate of drug-likeness (QED) is 0.664. The van der Waals surface area contributed by atoms with Crippen LogP contribution in [-0.2, 0) is 0 Å². The van der Waals surface area contributed by atoms with Gasteiger partial charge in [-0.3, -0.25) is 9.89 Å². The number of hydrogen-bond donors (Lipinski definition) is 2. The molecule has 8 heteroatoms. The van der Waals surface area contributed by atoms with Gasteiger partial charge in [0.15, 0.2) is 5.82 Å². The van der Waals surface area contributed by atoms with Crippen molar-refractivity contribution in [1.29, 1.82) is 0 Å². The molecule has 1 aromatic heterocycles. The van der Waals surface area contributed by atoms with Gasteiger partial charge in [-0.15, -0.1) is 0 Å². The maximum absolute atomic E-state index is 13.1. The van der Waals surface area contributed by atoms with Crippen LogP contribution in [0.15, 0.2) is 48.5 Å². The molecule has 0 unspecified atom stereocenters. The zero-order valence-corrected chi connectivity index (χ0v) is 16.5. The summed E-state index contributed by atoms with van der Waals surface area (Å²) < 4.78 is 18.4. The molecule has 150 valence electrons. The lowest BCUT2D eigenvalue weighted by atomic mass is 10.1. The van der Waals surface area contributed by atoms with Crippen molar-refractivity contribution in [3.63, 3.8) is 0 Å². The highest BCUT2D eigenvalue weighted by Gasteiger charge is 2.27. The summed E-state index contributed by atoms with van der Waals surface area (Å²) in [5, 5.41) is 10.9. The van der Waals surface area contributed by atoms with Crippen molar-refractivity contribution in [3.05, 3.63) is 64.9 Å². The summed E-state index contributed by atoms with van der Waals surface area (Å²) in [6.45, 7) is 1.41. The number of ether oxygens (including phenoxy) is 1. The van der Waals surface area contributed by atoms with Gasteiger partial charge in [-0.2, -0.15) is 5.10 Å². The van der Waals surface area contributed by atoms with Gasteiger partial charge in [0.1, 0.15) is 11.6 Å². The molecule has 1 amide bonds. The number of aromatic amines is 1. The number of methoxy groups -OCH3 is 1. The summed E-state index contributed by atoms with van der Waals surface area (Å²) >= 11 is 6.02. The second-order valence-corrected chi connectivity index (χ2v) is 7.33. The van der Waals surface area contributed by atoms with Crippen molar-refractivity contribution in [3.8, 4) is 17.0 Å². The van der Waals surface area contributed by atoms with Gasteiger partial charge in [0.2, 0.25) is 0 Å². The Hall–Kier alpha value is -3.06. The first kappa shape index (κ1) is 19.3. The Balaban J connectivity index is 1.41. The van der Waals surface area contributed by atoms with E-state index in [1.54, 1.807) is 30.3 Å². The number of benzene rings is 2. The zero-order valence-electron chi connectivity index (χ0n) is 15.8. The number of rotatable bonds is 5. The van der Waals surface area contributed by atoms with E-state index in [4.69, 9.17) is 16.3 Å². The second-order valence-electron chi connectivity index (χ2n) is 6.90. The summed E-state index contributed by atoms with van der Waals surface area (Å²) in [5.41, 5.74) is 2.09. The topological polar surface area (TPSA) is 70.2 Å². The molecule has 0 aliphatic carbocycles. The minimum atomic E-state index is -0.275. The molecule has 0 radical (unpaired) electrons. The third-order valence-electron chi connectivity index (χ3n) is 4.97. The molecule has 1 aliphatic heterocycles. The van der Waals surface area contributed by atoms with E-state index in [-0.39, 0.29) is 17.8 Å². The van der Waals surface area contributed by atoms with Crippen LogP contribution in [0, 0.1) is 5.82 Å². The van der Waals surface area contributed by atoms with Crippen LogP contribution in [0.25, 0.3) is 11.3 Å². The number of anilines is 1. The van der Waals surface area contributed by atoms with Gasteiger partial charge < -0.3 is 15.0 Å². The molecule has 2 N–H and O–H groups in total. The molecule has 2 aromatic carbocycles. The third kappa shape index (κ3) is 4.19. The van der Waals surface area contributed by atoms with Crippen LogP contribution in [0.3, 0.4) is 0 Å². The van der Waals surface area contributed by atoms with E-state index in [2.05, 4.69) is 20.4 Å². The summed E-state index contributed by atoms with van der Waals surface area (Å²) in [7, 11) is 1.52. The van der Waals surface area contributed by atoms with E-state index in [9.17, 15) is 9.18 Å². The first-order valence-corrected chi connectivity index (χ1v) is 9.62. The Morgan fingerprint density at radius 1 is 1.28 bits per heavy atom. The second kappa shape index (κ2) is 8.13. The number of nitrogens with zero attached hydrogens (tertiary/aromatic N) is 2. The van der Waals surface area contributed by atoms with Gasteiger partial charge in [0, 0.05) is 30.2 Å². The lowest BCUT2D eigenvalue weighted by molar-refractivity contribution is 0.0937. The monoisotopic (exact) mass is 414 g/mol. The SMILES string of the molecule is COc1ccc(Cl)cc1C(=O)N[C@@H]1CCN(c2cc(-c3ccc(F)cc3)[nH]n2)C1. The van der Waals surface area contributed by atoms with Crippen LogP contribution in [0.5, 0.6) is 5.75 Å². The molecule has 1 atom stereocenters. The van der Waals surface area contributed by atoms with Crippen LogP contribution in [-0.4, -0.2) is 42.3 Å². The number of H-pyrrole nitrogens is 1. The van der Waals surface area contributed by atoms with Crippen LogP contribution in [0.4, 0.5) is 10.2 Å². The van der Waals surface area contributed by atoms with Crippen molar-refractivity contribution in [2.45, 2.75) is 12.5 Å². The highest BCUT2D eigenvalue weighted by molar-refractivity contribution is 6.31. The van der Waals surface area contributed by atoms with Crippen molar-refractivity contribution in [2.24, 2.45) is 0 Å². The Labute approximate surface area is 172 Å². The average Bonchev–Trinajstić information content (AvgIpc) is 3.38. The molecule has 29 heavy (non-hydrogen) atoms. The van der Waals surface area contributed by atoms with E-state index in [0.717, 1.165) is 30.0 Å². The summed E-state index contributed by atoms with van der Waals surface area (Å²) in [6.07, 6.45) is 0.799. The number of aromatic nitrogens is 2. The highest BCUT2D eigenvalue weighted by Crippen LogP contribution is 2.26. The molecule has 0 bridgehead atoms. The van der Waals surface area contributed by atoms with Crippen LogP contribution in [0.2, 0.25) is 5.02 Å². The van der Waals surface area contributed by atoms with Crippen molar-refractivity contribution in [1.82, 2.24) is 15.5 Å². The average molecular weight is 415 g/mol. The molecule has 1 fully saturated rings. The van der Waals surface area contributed by atoms with E-state index in [1.807, 2.05) is 6.07 Å². The normalized spacial score (nSPS) is 16.1. The van der Waals surface area contributed by atoms with E-state index in [0.29, 0.717) is 22.9 Å². The van der Waals surface area contributed by atoms with E-state index in [1.165, 1.54) is 19.2 Å². The molecule has 1 saturated heterocycles. The molecule has 3 aromatic rings. The first-order chi connectivity index (χ1) is 14.0. The fraction of sp³-hybridized carbons (Fsp3) is 0.238. The Bertz CT molecular complexity index is 1020. The smallest absolute Gasteiger partial charge is 0.255 e. The summed E-state index contributed by atoms with van der Waals surface area (Å²) in [6, 6.07) is 13.1. The van der Waals surface area contributed by atoms with E-state index >= 15 is 0 Å². The number of carbonyl (C=O) groups is 1. The maximum Gasteiger partial charge on any atom is 0.255 e. The Kier molecular flexibility index (Phi) is 5.40. The van der Waals surface area contributed by atoms with Gasteiger partial charge >= 0.3 is 0 Å². The van der Waals surface area contributed by atoms with Crippen molar-refractivity contribution < 1.29 is 13.9 Å². The van der Waals surface area contributed by atoms with Gasteiger partial charge in [0.05, 0.1) is 18.4 Å². The van der Waals surface area contributed by atoms with Crippen LogP contribution < -0.4 is 15.0 Å². The number of amides is 1. The minimum Gasteiger partial charge on any atom is -0.496 e. The highest BCUT2D eigenvalue weighted by atomic mass is 35.5. The predicted molar refractivity (Wildman–Crippen MR) is 110 cm³/mol. The largest absolute Gasteiger partial charge is 0.496 e. The first-order valence-electron chi connectivity index (χ1n) is 9.24. The van der Waals surface area contributed by atoms with Crippen molar-refractivity contribution >= 4 is 23.3 Å². The standard InChI is InChI=1S/C21H20ClFN4O2/c1-29-19-7-4-14(22)10-17(19)21(28)24-16-8-9-27(12-16)20-11-18(25-26-20)13-2-5-15(23)6-3-13/h2-7,10-11,16H,8-9,12H2,1H3,(H,24,28)(H,25,26)/t16-/m1/s1. The van der Waals surface area contributed by atoms with Gasteiger partial charge in [0.25, 0.3) is 5.91 Å². The van der Waals surface area contributed by atoms with Crippen LogP contribution >= 0.6 is 11.6 Å². The molecule has 4 rings (SSSR count). The summed E-state index contributed by atoms with van der Waals surface area (Å²) in [5.74, 6) is 0.785. The lowest BCUT2D eigenvalue weighted by Gasteiger charge is -2.17. The number of hydrogen-bond acceptors (Lipinski definition) is 4. The fourth-order valence-electron chi connectivity index (χ4n) is 3.46. The third-order valence-corrected chi connectivity index (χ3v) is 5.21. The molecule has 1 aliphatic rings. The van der Waals surface area contributed by atoms with E-state index < -0.39 is 0 Å². The molecular formula is C21H20ClFN4O2. The number of nitrogens with one attached hydrogen (secondary N) is 2. The molecule has 2 heterocycles. The van der Waals surface area contributed by atoms with Crippen LogP contribution in [0.1, 0.15) is 16.8 Å². The van der Waals surface area contributed by atoms with Gasteiger partial charge in [-0.1, -0.05) is 11.6 Å². The molecule has 0 saturated carbocycles. The minimum absolute atomic E-state index is 0.0165. The zero-order chi connectivity index (χ0) is 20.4. The lowest BCUT2D eigenvalue weighted by Crippen LogP contribution is -2.37. The maximum atomic E-state index is 13.1. The van der Waals surface area contributed by atoms with Gasteiger partial charge in [-0.25, -0.2) is 4.39 Å². The Morgan fingerprint density at radius 2 is 2.07 bits per heavy atom. The van der Waals surface area contributed by atoms with Crippen molar-refractivity contribution in [2.75, 3.05) is 25.1 Å². The predicted octanol–water partition coefficient (Wildman–Crippen LogP) is 3.89. The fourth-order valence-corrected chi connectivity index (χ4v) is 3.63. The molecule has 0 spiro atoms. The number of carbonyl (C=O) groups excluding carboxylic acids is 1. The number of halogens is 2. The Morgan fingerprint density at radius 3 is 2.83 bits per heavy atom. The summed E-state index contributed by atoms with van der Waals surface area (Å²) in [4.78, 5) is 14.8. The molecular weight excluding hydrogens is 395 g/mol. The van der Waals surface area contributed by atoms with Gasteiger partial charge in [-0.05, 0) is 54.4 Å². The molecule has 6 nitrogen and oxygen atoms in total.